The van der Waals surface area contributed by atoms with E-state index in [9.17, 15) is 8.42 Å². The van der Waals surface area contributed by atoms with E-state index >= 15 is 0 Å². The molecule has 0 aliphatic carbocycles. The highest BCUT2D eigenvalue weighted by Crippen LogP contribution is 2.29. The molecule has 0 aliphatic rings. The molecule has 0 amide bonds. The van der Waals surface area contributed by atoms with Gasteiger partial charge < -0.3 is 9.64 Å². The van der Waals surface area contributed by atoms with Crippen LogP contribution in [0.5, 0.6) is 5.75 Å². The first-order valence-electron chi connectivity index (χ1n) is 7.24. The summed E-state index contributed by atoms with van der Waals surface area (Å²) in [7, 11) is 0.0413. The second-order valence-corrected chi connectivity index (χ2v) is 9.13. The van der Waals surface area contributed by atoms with Crippen LogP contribution in [0.15, 0.2) is 41.3 Å². The van der Waals surface area contributed by atoms with Crippen molar-refractivity contribution in [1.82, 2.24) is 4.90 Å². The minimum atomic E-state index is -3.86. The molecule has 5 nitrogen and oxygen atoms in total. The minimum absolute atomic E-state index is 0.0738. The van der Waals surface area contributed by atoms with Crippen LogP contribution in [0.25, 0.3) is 0 Å². The van der Waals surface area contributed by atoms with Gasteiger partial charge in [0, 0.05) is 17.6 Å². The van der Waals surface area contributed by atoms with E-state index < -0.39 is 10.0 Å². The van der Waals surface area contributed by atoms with Gasteiger partial charge >= 0.3 is 0 Å². The fraction of sp³-hybridized carbons (Fsp3) is 0.250. The smallest absolute Gasteiger partial charge is 0.263 e. The Labute approximate surface area is 171 Å². The normalized spacial score (nSPS) is 11.6. The van der Waals surface area contributed by atoms with Gasteiger partial charge in [-0.15, -0.1) is 0 Å². The lowest BCUT2D eigenvalue weighted by Gasteiger charge is -2.14. The van der Waals surface area contributed by atoms with E-state index in [0.29, 0.717) is 23.1 Å². The standard InChI is InChI=1S/C16H17Cl2IN2O3S/c1-21(2)7-8-24-15-10-12(4-6-14(15)19)20-25(22,23)16-9-11(17)3-5-13(16)18/h3-6,9-10,20H,7-8H2,1-2H3. The zero-order valence-corrected chi connectivity index (χ0v) is 18.1. The number of nitrogens with zero attached hydrogens (tertiary/aromatic N) is 1. The molecule has 0 spiro atoms. The van der Waals surface area contributed by atoms with E-state index in [1.54, 1.807) is 18.2 Å². The van der Waals surface area contributed by atoms with Crippen LogP contribution >= 0.6 is 45.8 Å². The van der Waals surface area contributed by atoms with E-state index in [1.807, 2.05) is 19.0 Å². The number of hydrogen-bond donors (Lipinski definition) is 1. The molecule has 136 valence electrons. The summed E-state index contributed by atoms with van der Waals surface area (Å²) >= 11 is 14.0. The van der Waals surface area contributed by atoms with E-state index in [-0.39, 0.29) is 9.92 Å². The van der Waals surface area contributed by atoms with Crippen molar-refractivity contribution in [2.45, 2.75) is 4.90 Å². The summed E-state index contributed by atoms with van der Waals surface area (Å²) in [6.07, 6.45) is 0. The van der Waals surface area contributed by atoms with Crippen LogP contribution in [0.1, 0.15) is 0 Å². The van der Waals surface area contributed by atoms with E-state index in [4.69, 9.17) is 27.9 Å². The molecule has 0 radical (unpaired) electrons. The van der Waals surface area contributed by atoms with Crippen LogP contribution < -0.4 is 9.46 Å². The molecule has 0 atom stereocenters. The molecule has 0 aromatic heterocycles. The molecule has 0 heterocycles. The number of likely N-dealkylation sites (N-methyl/N-ethyl adjacent to an activating group) is 1. The molecule has 0 bridgehead atoms. The lowest BCUT2D eigenvalue weighted by atomic mass is 10.3. The fourth-order valence-corrected chi connectivity index (χ4v) is 4.21. The summed E-state index contributed by atoms with van der Waals surface area (Å²) in [5, 5.41) is 0.393. The molecule has 2 aromatic carbocycles. The number of nitrogens with one attached hydrogen (secondary N) is 1. The van der Waals surface area contributed by atoms with Crippen molar-refractivity contribution in [2.75, 3.05) is 32.0 Å². The third-order valence-electron chi connectivity index (χ3n) is 3.16. The maximum Gasteiger partial charge on any atom is 0.263 e. The number of hydrogen-bond acceptors (Lipinski definition) is 4. The van der Waals surface area contributed by atoms with Gasteiger partial charge in [-0.3, -0.25) is 4.72 Å². The van der Waals surface area contributed by atoms with Gasteiger partial charge in [-0.2, -0.15) is 0 Å². The molecule has 0 fully saturated rings. The Morgan fingerprint density at radius 3 is 2.56 bits per heavy atom. The van der Waals surface area contributed by atoms with Gasteiger partial charge in [0.15, 0.2) is 0 Å². The Morgan fingerprint density at radius 2 is 1.88 bits per heavy atom. The SMILES string of the molecule is CN(C)CCOc1cc(NS(=O)(=O)c2cc(Cl)ccc2Cl)ccc1I. The highest BCUT2D eigenvalue weighted by molar-refractivity contribution is 14.1. The summed E-state index contributed by atoms with van der Waals surface area (Å²) < 4.78 is 34.3. The molecular formula is C16H17Cl2IN2O3S. The van der Waals surface area contributed by atoms with Crippen molar-refractivity contribution < 1.29 is 13.2 Å². The largest absolute Gasteiger partial charge is 0.491 e. The predicted molar refractivity (Wildman–Crippen MR) is 110 cm³/mol. The molecular weight excluding hydrogens is 498 g/mol. The number of anilines is 1. The summed E-state index contributed by atoms with van der Waals surface area (Å²) in [5.41, 5.74) is 0.385. The van der Waals surface area contributed by atoms with Crippen molar-refractivity contribution in [1.29, 1.82) is 0 Å². The highest BCUT2D eigenvalue weighted by Gasteiger charge is 2.19. The average Bonchev–Trinajstić information content (AvgIpc) is 2.52. The molecule has 25 heavy (non-hydrogen) atoms. The van der Waals surface area contributed by atoms with E-state index in [1.165, 1.54) is 18.2 Å². The Bertz CT molecular complexity index is 860. The summed E-state index contributed by atoms with van der Waals surface area (Å²) in [6, 6.07) is 9.38. The first kappa shape index (κ1) is 20.6. The lowest BCUT2D eigenvalue weighted by molar-refractivity contribution is 0.260. The zero-order valence-electron chi connectivity index (χ0n) is 13.6. The van der Waals surface area contributed by atoms with Gasteiger partial charge in [-0.25, -0.2) is 8.42 Å². The minimum Gasteiger partial charge on any atom is -0.491 e. The summed E-state index contributed by atoms with van der Waals surface area (Å²) in [6.45, 7) is 1.25. The van der Waals surface area contributed by atoms with Gasteiger partial charge in [0.2, 0.25) is 0 Å². The molecule has 9 heteroatoms. The monoisotopic (exact) mass is 514 g/mol. The third-order valence-corrected chi connectivity index (χ3v) is 6.15. The maximum atomic E-state index is 12.6. The number of rotatable bonds is 7. The van der Waals surface area contributed by atoms with Crippen molar-refractivity contribution in [3.05, 3.63) is 50.0 Å². The second-order valence-electron chi connectivity index (χ2n) is 5.48. The van der Waals surface area contributed by atoms with Crippen LogP contribution in [-0.4, -0.2) is 40.6 Å². The Morgan fingerprint density at radius 1 is 1.16 bits per heavy atom. The summed E-state index contributed by atoms with van der Waals surface area (Å²) in [4.78, 5) is 1.93. The molecule has 2 aromatic rings. The Balaban J connectivity index is 2.23. The van der Waals surface area contributed by atoms with Crippen molar-refractivity contribution in [3.8, 4) is 5.75 Å². The number of benzene rings is 2. The Hall–Kier alpha value is -0.740. The number of ether oxygens (including phenoxy) is 1. The Kier molecular flexibility index (Phi) is 7.21. The molecule has 0 saturated carbocycles. The number of sulfonamides is 1. The van der Waals surface area contributed by atoms with E-state index in [2.05, 4.69) is 27.3 Å². The van der Waals surface area contributed by atoms with Gasteiger partial charge in [0.25, 0.3) is 10.0 Å². The molecule has 1 N–H and O–H groups in total. The fourth-order valence-electron chi connectivity index (χ4n) is 1.91. The first-order chi connectivity index (χ1) is 11.7. The van der Waals surface area contributed by atoms with Crippen LogP contribution in [0.2, 0.25) is 10.0 Å². The highest BCUT2D eigenvalue weighted by atomic mass is 127. The maximum absolute atomic E-state index is 12.6. The number of halogens is 3. The quantitative estimate of drug-likeness (QED) is 0.558. The van der Waals surface area contributed by atoms with Crippen LogP contribution in [0.4, 0.5) is 5.69 Å². The van der Waals surface area contributed by atoms with Crippen LogP contribution in [-0.2, 0) is 10.0 Å². The zero-order chi connectivity index (χ0) is 18.6. The second kappa shape index (κ2) is 8.77. The topological polar surface area (TPSA) is 58.6 Å². The van der Waals surface area contributed by atoms with Crippen molar-refractivity contribution in [2.24, 2.45) is 0 Å². The van der Waals surface area contributed by atoms with Crippen LogP contribution in [0, 0.1) is 3.57 Å². The van der Waals surface area contributed by atoms with E-state index in [0.717, 1.165) is 10.1 Å². The molecule has 0 unspecified atom stereocenters. The summed E-state index contributed by atoms with van der Waals surface area (Å²) in [5.74, 6) is 0.611. The molecule has 2 rings (SSSR count). The van der Waals surface area contributed by atoms with Crippen molar-refractivity contribution >= 4 is 61.5 Å². The predicted octanol–water partition coefficient (Wildman–Crippen LogP) is 4.34. The van der Waals surface area contributed by atoms with Gasteiger partial charge in [0.1, 0.15) is 17.3 Å². The first-order valence-corrected chi connectivity index (χ1v) is 10.6. The molecule has 0 saturated heterocycles. The average molecular weight is 515 g/mol. The van der Waals surface area contributed by atoms with Crippen molar-refractivity contribution in [3.63, 3.8) is 0 Å². The third kappa shape index (κ3) is 5.89. The van der Waals surface area contributed by atoms with Gasteiger partial charge in [-0.1, -0.05) is 23.2 Å². The molecule has 0 aliphatic heterocycles. The van der Waals surface area contributed by atoms with Crippen LogP contribution in [0.3, 0.4) is 0 Å². The van der Waals surface area contributed by atoms with Gasteiger partial charge in [0.05, 0.1) is 14.3 Å². The van der Waals surface area contributed by atoms with Gasteiger partial charge in [-0.05, 0) is 67.0 Å². The lowest BCUT2D eigenvalue weighted by Crippen LogP contribution is -2.19.